The van der Waals surface area contributed by atoms with E-state index in [1.807, 2.05) is 0 Å². The van der Waals surface area contributed by atoms with E-state index < -0.39 is 33.7 Å². The summed E-state index contributed by atoms with van der Waals surface area (Å²) in [5.41, 5.74) is 1.28. The monoisotopic (exact) mass is 487 g/mol. The van der Waals surface area contributed by atoms with E-state index in [9.17, 15) is 22.0 Å². The normalized spacial score (nSPS) is 15.4. The summed E-state index contributed by atoms with van der Waals surface area (Å²) in [7, 11) is -2.74. The molecule has 34 heavy (non-hydrogen) atoms. The number of hydrogen-bond donors (Lipinski definition) is 0. The molecule has 1 aliphatic rings. The predicted molar refractivity (Wildman–Crippen MR) is 123 cm³/mol. The van der Waals surface area contributed by atoms with Crippen molar-refractivity contribution in [1.29, 1.82) is 0 Å². The molecule has 0 radical (unpaired) electrons. The largest absolute Gasteiger partial charge is 0.486 e. The van der Waals surface area contributed by atoms with Crippen LogP contribution in [-0.2, 0) is 19.6 Å². The summed E-state index contributed by atoms with van der Waals surface area (Å²) in [6, 6.07) is 14.1. The van der Waals surface area contributed by atoms with E-state index in [2.05, 4.69) is 4.74 Å². The molecule has 0 saturated carbocycles. The maximum absolute atomic E-state index is 14.4. The number of anilines is 1. The van der Waals surface area contributed by atoms with Gasteiger partial charge in [-0.25, -0.2) is 17.2 Å². The molecule has 0 unspecified atom stereocenters. The summed E-state index contributed by atoms with van der Waals surface area (Å²) in [5, 5.41) is 0. The minimum absolute atomic E-state index is 0.00326. The van der Waals surface area contributed by atoms with Gasteiger partial charge in [0.2, 0.25) is 0 Å². The number of hydrogen-bond acceptors (Lipinski definition) is 5. The van der Waals surface area contributed by atoms with Crippen LogP contribution >= 0.6 is 0 Å². The van der Waals surface area contributed by atoms with Crippen LogP contribution in [0.5, 0.6) is 5.75 Å². The average Bonchev–Trinajstić information content (AvgIpc) is 2.83. The molecular weight excluding hydrogens is 464 g/mol. The molecule has 0 N–H and O–H groups in total. The first-order valence-corrected chi connectivity index (χ1v) is 12.1. The minimum Gasteiger partial charge on any atom is -0.486 e. The number of nitrogens with zero attached hydrogens (tertiary/aromatic N) is 1. The lowest BCUT2D eigenvalue weighted by Gasteiger charge is -2.36. The molecule has 4 rings (SSSR count). The van der Waals surface area contributed by atoms with Crippen LogP contribution < -0.4 is 9.04 Å². The number of aryl methyl sites for hydroxylation is 1. The van der Waals surface area contributed by atoms with Crippen LogP contribution in [0.4, 0.5) is 14.5 Å². The smallest absolute Gasteiger partial charge is 0.305 e. The van der Waals surface area contributed by atoms with Gasteiger partial charge in [-0.3, -0.25) is 9.10 Å². The molecule has 0 spiro atoms. The van der Waals surface area contributed by atoms with Gasteiger partial charge in [-0.2, -0.15) is 0 Å². The zero-order chi connectivity index (χ0) is 24.5. The lowest BCUT2D eigenvalue weighted by molar-refractivity contribution is -0.141. The van der Waals surface area contributed by atoms with E-state index in [4.69, 9.17) is 4.74 Å². The van der Waals surface area contributed by atoms with Crippen molar-refractivity contribution in [3.63, 3.8) is 0 Å². The molecule has 9 heteroatoms. The third-order valence-corrected chi connectivity index (χ3v) is 7.38. The quantitative estimate of drug-likeness (QED) is 0.465. The molecule has 0 aliphatic carbocycles. The Morgan fingerprint density at radius 2 is 1.91 bits per heavy atom. The number of sulfonamides is 1. The Bertz CT molecular complexity index is 1340. The Balaban J connectivity index is 1.80. The van der Waals surface area contributed by atoms with Crippen molar-refractivity contribution >= 4 is 21.7 Å². The number of methoxy groups -OCH3 is 1. The van der Waals surface area contributed by atoms with Crippen molar-refractivity contribution in [3.05, 3.63) is 77.9 Å². The van der Waals surface area contributed by atoms with Crippen LogP contribution in [0.25, 0.3) is 11.1 Å². The number of carbonyl (C=O) groups excluding carboxylic acids is 1. The molecule has 3 aromatic carbocycles. The fraction of sp³-hybridized carbons (Fsp3) is 0.240. The first kappa shape index (κ1) is 23.7. The molecule has 3 aromatic rings. The van der Waals surface area contributed by atoms with Gasteiger partial charge in [0.1, 0.15) is 23.5 Å². The SMILES string of the molecule is COC(=O)CC[C@H]1CN(S(=O)(=O)c2cccc(C)c2)c2cc(-c3cc(F)ccc3F)ccc2O1. The highest BCUT2D eigenvalue weighted by molar-refractivity contribution is 7.92. The molecule has 6 nitrogen and oxygen atoms in total. The Morgan fingerprint density at radius 1 is 1.12 bits per heavy atom. The van der Waals surface area contributed by atoms with Crippen molar-refractivity contribution in [2.45, 2.75) is 30.8 Å². The average molecular weight is 488 g/mol. The molecule has 0 fully saturated rings. The van der Waals surface area contributed by atoms with Crippen molar-refractivity contribution in [2.75, 3.05) is 18.0 Å². The minimum atomic E-state index is -4.02. The third kappa shape index (κ3) is 4.75. The van der Waals surface area contributed by atoms with Crippen molar-refractivity contribution in [3.8, 4) is 16.9 Å². The number of halogens is 2. The fourth-order valence-electron chi connectivity index (χ4n) is 3.86. The summed E-state index contributed by atoms with van der Waals surface area (Å²) >= 11 is 0. The summed E-state index contributed by atoms with van der Waals surface area (Å²) in [5.74, 6) is -1.42. The van der Waals surface area contributed by atoms with Gasteiger partial charge in [0.25, 0.3) is 10.0 Å². The molecule has 0 aromatic heterocycles. The maximum atomic E-state index is 14.4. The van der Waals surface area contributed by atoms with E-state index in [0.717, 1.165) is 23.8 Å². The molecule has 1 atom stereocenters. The highest BCUT2D eigenvalue weighted by atomic mass is 32.2. The van der Waals surface area contributed by atoms with Gasteiger partial charge in [-0.1, -0.05) is 18.2 Å². The maximum Gasteiger partial charge on any atom is 0.305 e. The van der Waals surface area contributed by atoms with Gasteiger partial charge in [0.15, 0.2) is 0 Å². The Labute approximate surface area is 196 Å². The molecule has 0 bridgehead atoms. The van der Waals surface area contributed by atoms with Gasteiger partial charge in [0.05, 0.1) is 24.2 Å². The molecule has 0 amide bonds. The Hall–Kier alpha value is -3.46. The van der Waals surface area contributed by atoms with Crippen molar-refractivity contribution in [1.82, 2.24) is 0 Å². The standard InChI is InChI=1S/C25H23F2NO5S/c1-16-4-3-5-20(12-16)34(30,31)28-15-19(8-11-25(29)32-2)33-24-10-6-17(13-23(24)28)21-14-18(26)7-9-22(21)27/h3-7,9-10,12-14,19H,8,11,15H2,1-2H3/t19-/m0/s1. The molecule has 1 heterocycles. The molecule has 178 valence electrons. The van der Waals surface area contributed by atoms with Gasteiger partial charge < -0.3 is 9.47 Å². The van der Waals surface area contributed by atoms with Gasteiger partial charge in [-0.05, 0) is 66.9 Å². The van der Waals surface area contributed by atoms with E-state index >= 15 is 0 Å². The number of rotatable bonds is 6. The highest BCUT2D eigenvalue weighted by Gasteiger charge is 2.35. The first-order valence-electron chi connectivity index (χ1n) is 10.6. The van der Waals surface area contributed by atoms with E-state index in [1.165, 1.54) is 35.7 Å². The molecule has 0 saturated heterocycles. The van der Waals surface area contributed by atoms with Crippen LogP contribution in [0.1, 0.15) is 18.4 Å². The number of ether oxygens (including phenoxy) is 2. The second-order valence-corrected chi connectivity index (χ2v) is 9.88. The first-order chi connectivity index (χ1) is 16.2. The zero-order valence-electron chi connectivity index (χ0n) is 18.6. The third-order valence-electron chi connectivity index (χ3n) is 5.61. The summed E-state index contributed by atoms with van der Waals surface area (Å²) in [6.45, 7) is 1.73. The summed E-state index contributed by atoms with van der Waals surface area (Å²) in [6.07, 6.45) is -0.309. The van der Waals surface area contributed by atoms with E-state index in [-0.39, 0.29) is 41.3 Å². The van der Waals surface area contributed by atoms with Crippen LogP contribution in [0.3, 0.4) is 0 Å². The summed E-state index contributed by atoms with van der Waals surface area (Å²) < 4.78 is 67.4. The number of fused-ring (bicyclic) bond motifs is 1. The Kier molecular flexibility index (Phi) is 6.56. The fourth-order valence-corrected chi connectivity index (χ4v) is 5.46. The topological polar surface area (TPSA) is 72.9 Å². The highest BCUT2D eigenvalue weighted by Crippen LogP contribution is 2.41. The lowest BCUT2D eigenvalue weighted by Crippen LogP contribution is -2.43. The second-order valence-electron chi connectivity index (χ2n) is 8.01. The number of esters is 1. The molecular formula is C25H23F2NO5S. The zero-order valence-corrected chi connectivity index (χ0v) is 19.4. The summed E-state index contributed by atoms with van der Waals surface area (Å²) in [4.78, 5) is 11.7. The molecule has 1 aliphatic heterocycles. The Morgan fingerprint density at radius 3 is 2.65 bits per heavy atom. The van der Waals surface area contributed by atoms with Crippen molar-refractivity contribution < 1.29 is 31.5 Å². The van der Waals surface area contributed by atoms with Crippen LogP contribution in [0, 0.1) is 18.6 Å². The van der Waals surface area contributed by atoms with Gasteiger partial charge >= 0.3 is 5.97 Å². The van der Waals surface area contributed by atoms with Crippen LogP contribution in [0.2, 0.25) is 0 Å². The predicted octanol–water partition coefficient (Wildman–Crippen LogP) is 4.85. The number of benzene rings is 3. The van der Waals surface area contributed by atoms with Crippen LogP contribution in [-0.4, -0.2) is 34.1 Å². The lowest BCUT2D eigenvalue weighted by atomic mass is 10.0. The number of carbonyl (C=O) groups is 1. The second kappa shape index (κ2) is 9.42. The van der Waals surface area contributed by atoms with E-state index in [1.54, 1.807) is 25.1 Å². The van der Waals surface area contributed by atoms with Crippen LogP contribution in [0.15, 0.2) is 65.6 Å². The van der Waals surface area contributed by atoms with E-state index in [0.29, 0.717) is 5.56 Å². The van der Waals surface area contributed by atoms with Gasteiger partial charge in [-0.15, -0.1) is 0 Å². The van der Waals surface area contributed by atoms with Gasteiger partial charge in [0, 0.05) is 12.0 Å². The van der Waals surface area contributed by atoms with Crippen molar-refractivity contribution in [2.24, 2.45) is 0 Å².